The third-order valence-electron chi connectivity index (χ3n) is 3.58. The smallest absolute Gasteiger partial charge is 0.163 e. The highest BCUT2D eigenvalue weighted by Crippen LogP contribution is 2.28. The van der Waals surface area contributed by atoms with E-state index in [1.807, 2.05) is 0 Å². The maximum atomic E-state index is 12.3. The Labute approximate surface area is 114 Å². The minimum atomic E-state index is 0.176. The lowest BCUT2D eigenvalue weighted by Gasteiger charge is -2.22. The van der Waals surface area contributed by atoms with Gasteiger partial charge in [0.25, 0.3) is 0 Å². The minimum absolute atomic E-state index is 0.176. The van der Waals surface area contributed by atoms with Gasteiger partial charge in [0.1, 0.15) is 0 Å². The zero-order valence-electron chi connectivity index (χ0n) is 11.6. The maximum absolute atomic E-state index is 12.3. The molecule has 0 amide bonds. The molecule has 0 saturated carbocycles. The van der Waals surface area contributed by atoms with Crippen LogP contribution in [0.4, 0.5) is 0 Å². The Balaban J connectivity index is 2.05. The number of methoxy groups -OCH3 is 2. The van der Waals surface area contributed by atoms with E-state index in [1.54, 1.807) is 32.4 Å². The van der Waals surface area contributed by atoms with E-state index in [0.29, 0.717) is 29.4 Å². The highest BCUT2D eigenvalue weighted by atomic mass is 16.5. The normalized spacial score (nSPS) is 18.9. The van der Waals surface area contributed by atoms with Crippen LogP contribution < -0.4 is 14.8 Å². The Morgan fingerprint density at radius 2 is 2.11 bits per heavy atom. The summed E-state index contributed by atoms with van der Waals surface area (Å²) in [6.07, 6.45) is 2.89. The Morgan fingerprint density at radius 1 is 1.32 bits per heavy atom. The molecule has 0 aliphatic carbocycles. The molecule has 1 fully saturated rings. The number of hydrogen-bond acceptors (Lipinski definition) is 4. The van der Waals surface area contributed by atoms with Crippen LogP contribution in [0, 0.1) is 5.92 Å². The van der Waals surface area contributed by atoms with Crippen molar-refractivity contribution >= 4 is 5.78 Å². The van der Waals surface area contributed by atoms with Crippen LogP contribution in [0.15, 0.2) is 18.2 Å². The van der Waals surface area contributed by atoms with Crippen LogP contribution in [0.5, 0.6) is 11.5 Å². The van der Waals surface area contributed by atoms with Crippen molar-refractivity contribution in [1.82, 2.24) is 5.32 Å². The first kappa shape index (κ1) is 13.9. The predicted octanol–water partition coefficient (Wildman–Crippen LogP) is 2.28. The molecule has 0 spiro atoms. The average molecular weight is 263 g/mol. The van der Waals surface area contributed by atoms with Crippen LogP contribution in [0.25, 0.3) is 0 Å². The van der Waals surface area contributed by atoms with Crippen LogP contribution in [0.1, 0.15) is 29.6 Å². The number of hydrogen-bond donors (Lipinski definition) is 1. The van der Waals surface area contributed by atoms with Crippen molar-refractivity contribution in [2.24, 2.45) is 5.92 Å². The van der Waals surface area contributed by atoms with Crippen molar-refractivity contribution in [2.75, 3.05) is 27.3 Å². The second kappa shape index (κ2) is 6.57. The molecule has 4 heteroatoms. The second-order valence-electron chi connectivity index (χ2n) is 4.91. The molecule has 1 aliphatic heterocycles. The SMILES string of the molecule is COc1ccc(C(=O)CC2CCCNC2)cc1OC. The van der Waals surface area contributed by atoms with Crippen LogP contribution >= 0.6 is 0 Å². The number of piperidine rings is 1. The topological polar surface area (TPSA) is 47.6 Å². The first-order valence-corrected chi connectivity index (χ1v) is 6.70. The molecule has 1 aromatic rings. The third kappa shape index (κ3) is 3.47. The van der Waals surface area contributed by atoms with Crippen LogP contribution in [-0.4, -0.2) is 33.1 Å². The van der Waals surface area contributed by atoms with E-state index in [-0.39, 0.29) is 5.78 Å². The number of Topliss-reactive ketones (excluding diaryl/α,β-unsaturated/α-hetero) is 1. The highest BCUT2D eigenvalue weighted by Gasteiger charge is 2.18. The summed E-state index contributed by atoms with van der Waals surface area (Å²) in [5.41, 5.74) is 0.697. The molecule has 1 aliphatic rings. The summed E-state index contributed by atoms with van der Waals surface area (Å²) in [6, 6.07) is 5.35. The molecule has 1 aromatic carbocycles. The number of carbonyl (C=O) groups is 1. The van der Waals surface area contributed by atoms with Gasteiger partial charge < -0.3 is 14.8 Å². The molecule has 0 bridgehead atoms. The maximum Gasteiger partial charge on any atom is 0.163 e. The number of benzene rings is 1. The molecule has 1 saturated heterocycles. The Morgan fingerprint density at radius 3 is 2.74 bits per heavy atom. The Bertz CT molecular complexity index is 439. The Hall–Kier alpha value is -1.55. The molecule has 1 N–H and O–H groups in total. The van der Waals surface area contributed by atoms with E-state index in [1.165, 1.54) is 0 Å². The first-order chi connectivity index (χ1) is 9.24. The summed E-state index contributed by atoms with van der Waals surface area (Å²) < 4.78 is 10.4. The molecule has 4 nitrogen and oxygen atoms in total. The lowest BCUT2D eigenvalue weighted by atomic mass is 9.92. The monoisotopic (exact) mass is 263 g/mol. The Kier molecular flexibility index (Phi) is 4.80. The lowest BCUT2D eigenvalue weighted by molar-refractivity contribution is 0.0953. The molecule has 0 radical (unpaired) electrons. The van der Waals surface area contributed by atoms with Gasteiger partial charge in [-0.15, -0.1) is 0 Å². The van der Waals surface area contributed by atoms with E-state index >= 15 is 0 Å². The van der Waals surface area contributed by atoms with E-state index in [9.17, 15) is 4.79 Å². The standard InChI is InChI=1S/C15H21NO3/c1-18-14-6-5-12(9-15(14)19-2)13(17)8-11-4-3-7-16-10-11/h5-6,9,11,16H,3-4,7-8,10H2,1-2H3. The average Bonchev–Trinajstić information content (AvgIpc) is 2.47. The third-order valence-corrected chi connectivity index (χ3v) is 3.58. The van der Waals surface area contributed by atoms with Gasteiger partial charge in [-0.1, -0.05) is 0 Å². The summed E-state index contributed by atoms with van der Waals surface area (Å²) in [6.45, 7) is 2.01. The first-order valence-electron chi connectivity index (χ1n) is 6.70. The number of rotatable bonds is 5. The van der Waals surface area contributed by atoms with Crippen molar-refractivity contribution in [2.45, 2.75) is 19.3 Å². The van der Waals surface area contributed by atoms with Crippen molar-refractivity contribution in [3.8, 4) is 11.5 Å². The zero-order chi connectivity index (χ0) is 13.7. The van der Waals surface area contributed by atoms with E-state index in [2.05, 4.69) is 5.32 Å². The zero-order valence-corrected chi connectivity index (χ0v) is 11.6. The molecule has 0 aromatic heterocycles. The van der Waals surface area contributed by atoms with Crippen LogP contribution in [-0.2, 0) is 0 Å². The summed E-state index contributed by atoms with van der Waals surface area (Å²) in [5, 5.41) is 3.34. The molecule has 2 rings (SSSR count). The van der Waals surface area contributed by atoms with Crippen molar-refractivity contribution < 1.29 is 14.3 Å². The van der Waals surface area contributed by atoms with Gasteiger partial charge >= 0.3 is 0 Å². The summed E-state index contributed by atoms with van der Waals surface area (Å²) in [4.78, 5) is 12.3. The predicted molar refractivity (Wildman–Crippen MR) is 74.1 cm³/mol. The molecule has 1 unspecified atom stereocenters. The molecular weight excluding hydrogens is 242 g/mol. The van der Waals surface area contributed by atoms with Crippen molar-refractivity contribution in [1.29, 1.82) is 0 Å². The quantitative estimate of drug-likeness (QED) is 0.828. The number of ether oxygens (including phenoxy) is 2. The van der Waals surface area contributed by atoms with Gasteiger partial charge in [0.15, 0.2) is 17.3 Å². The van der Waals surface area contributed by atoms with E-state index < -0.39 is 0 Å². The molecular formula is C15H21NO3. The van der Waals surface area contributed by atoms with Gasteiger partial charge in [0.2, 0.25) is 0 Å². The van der Waals surface area contributed by atoms with E-state index in [4.69, 9.17) is 9.47 Å². The fourth-order valence-corrected chi connectivity index (χ4v) is 2.49. The molecule has 104 valence electrons. The van der Waals surface area contributed by atoms with Gasteiger partial charge in [-0.05, 0) is 50.0 Å². The van der Waals surface area contributed by atoms with Crippen molar-refractivity contribution in [3.05, 3.63) is 23.8 Å². The van der Waals surface area contributed by atoms with Gasteiger partial charge in [0.05, 0.1) is 14.2 Å². The number of ketones is 1. The lowest BCUT2D eigenvalue weighted by Crippen LogP contribution is -2.31. The minimum Gasteiger partial charge on any atom is -0.493 e. The van der Waals surface area contributed by atoms with Crippen LogP contribution in [0.3, 0.4) is 0 Å². The van der Waals surface area contributed by atoms with Gasteiger partial charge in [0, 0.05) is 12.0 Å². The molecule has 1 heterocycles. The molecule has 1 atom stereocenters. The van der Waals surface area contributed by atoms with Gasteiger partial charge in [-0.2, -0.15) is 0 Å². The summed E-state index contributed by atoms with van der Waals surface area (Å²) >= 11 is 0. The number of carbonyl (C=O) groups excluding carboxylic acids is 1. The largest absolute Gasteiger partial charge is 0.493 e. The summed E-state index contributed by atoms with van der Waals surface area (Å²) in [5.74, 6) is 1.89. The molecule has 19 heavy (non-hydrogen) atoms. The van der Waals surface area contributed by atoms with Gasteiger partial charge in [-0.3, -0.25) is 4.79 Å². The van der Waals surface area contributed by atoms with Gasteiger partial charge in [-0.25, -0.2) is 0 Å². The highest BCUT2D eigenvalue weighted by molar-refractivity contribution is 5.96. The van der Waals surface area contributed by atoms with E-state index in [0.717, 1.165) is 25.9 Å². The second-order valence-corrected chi connectivity index (χ2v) is 4.91. The fraction of sp³-hybridized carbons (Fsp3) is 0.533. The number of nitrogens with one attached hydrogen (secondary N) is 1. The van der Waals surface area contributed by atoms with Crippen molar-refractivity contribution in [3.63, 3.8) is 0 Å². The fourth-order valence-electron chi connectivity index (χ4n) is 2.49. The van der Waals surface area contributed by atoms with Crippen LogP contribution in [0.2, 0.25) is 0 Å². The summed E-state index contributed by atoms with van der Waals surface area (Å²) in [7, 11) is 3.17.